The van der Waals surface area contributed by atoms with E-state index in [2.05, 4.69) is 15.5 Å². The van der Waals surface area contributed by atoms with E-state index in [4.69, 9.17) is 9.47 Å². The van der Waals surface area contributed by atoms with Crippen LogP contribution in [-0.4, -0.2) is 45.8 Å². The van der Waals surface area contributed by atoms with Gasteiger partial charge in [-0.25, -0.2) is 0 Å². The smallest absolute Gasteiger partial charge is 0.293 e. The summed E-state index contributed by atoms with van der Waals surface area (Å²) in [4.78, 5) is 11.0. The summed E-state index contributed by atoms with van der Waals surface area (Å²) in [7, 11) is 0.412. The molecule has 0 bridgehead atoms. The predicted molar refractivity (Wildman–Crippen MR) is 89.3 cm³/mol. The van der Waals surface area contributed by atoms with E-state index in [0.717, 1.165) is 15.6 Å². The number of hydrogen-bond acceptors (Lipinski definition) is 8. The summed E-state index contributed by atoms with van der Waals surface area (Å²) < 4.78 is 36.4. The zero-order chi connectivity index (χ0) is 17.9. The quantitative estimate of drug-likeness (QED) is 0.762. The summed E-state index contributed by atoms with van der Waals surface area (Å²) in [5.74, 6) is 0.521. The van der Waals surface area contributed by atoms with Crippen LogP contribution >= 0.6 is 11.3 Å². The van der Waals surface area contributed by atoms with Crippen LogP contribution in [0.15, 0.2) is 22.5 Å². The Bertz CT molecular complexity index is 850. The number of amides is 1. The van der Waals surface area contributed by atoms with Crippen LogP contribution in [0.5, 0.6) is 11.5 Å². The number of sulfonamides is 1. The van der Waals surface area contributed by atoms with Gasteiger partial charge in [0.15, 0.2) is 11.5 Å². The van der Waals surface area contributed by atoms with Crippen molar-refractivity contribution in [2.24, 2.45) is 0 Å². The van der Waals surface area contributed by atoms with Crippen molar-refractivity contribution in [3.63, 3.8) is 0 Å². The van der Waals surface area contributed by atoms with Gasteiger partial charge in [0.05, 0.1) is 19.9 Å². The van der Waals surface area contributed by atoms with Crippen molar-refractivity contribution in [2.75, 3.05) is 30.9 Å². The third kappa shape index (κ3) is 3.57. The van der Waals surface area contributed by atoms with Gasteiger partial charge in [0.1, 0.15) is 0 Å². The second-order valence-electron chi connectivity index (χ2n) is 4.57. The van der Waals surface area contributed by atoms with Gasteiger partial charge in [-0.2, -0.15) is 8.42 Å². The zero-order valence-corrected chi connectivity index (χ0v) is 15.1. The normalized spacial score (nSPS) is 11.0. The van der Waals surface area contributed by atoms with Crippen LogP contribution in [0.3, 0.4) is 0 Å². The van der Waals surface area contributed by atoms with Crippen LogP contribution in [0.25, 0.3) is 0 Å². The molecule has 2 rings (SSSR count). The highest BCUT2D eigenvalue weighted by Gasteiger charge is 2.27. The number of rotatable bonds is 6. The number of nitrogens with one attached hydrogen (secondary N) is 1. The molecule has 0 aliphatic heterocycles. The minimum absolute atomic E-state index is 0.113. The second-order valence-corrected chi connectivity index (χ2v) is 7.69. The molecule has 1 N–H and O–H groups in total. The second kappa shape index (κ2) is 7.01. The van der Waals surface area contributed by atoms with E-state index in [1.54, 1.807) is 12.1 Å². The van der Waals surface area contributed by atoms with Gasteiger partial charge in [-0.15, -0.1) is 10.2 Å². The van der Waals surface area contributed by atoms with E-state index >= 15 is 0 Å². The molecule has 0 unspecified atom stereocenters. The number of benzene rings is 1. The van der Waals surface area contributed by atoms with Crippen LogP contribution in [0.2, 0.25) is 0 Å². The molecule has 0 aliphatic rings. The Morgan fingerprint density at radius 2 is 1.88 bits per heavy atom. The third-order valence-corrected chi connectivity index (χ3v) is 5.97. The average molecular weight is 372 g/mol. The van der Waals surface area contributed by atoms with E-state index in [-0.39, 0.29) is 15.4 Å². The number of hydrogen-bond donors (Lipinski definition) is 1. The summed E-state index contributed by atoms with van der Waals surface area (Å²) >= 11 is 0.769. The summed E-state index contributed by atoms with van der Waals surface area (Å²) in [6.45, 7) is 1.30. The lowest BCUT2D eigenvalue weighted by Gasteiger charge is -2.19. The molecule has 11 heteroatoms. The summed E-state index contributed by atoms with van der Waals surface area (Å²) in [5, 5.41) is 9.79. The SMILES string of the molecule is COc1ccc(N(C)S(=O)(=O)c2nnc(NC(C)=O)s2)cc1OC. The molecular formula is C13H16N4O5S2. The molecule has 24 heavy (non-hydrogen) atoms. The number of aromatic nitrogens is 2. The van der Waals surface area contributed by atoms with E-state index < -0.39 is 10.0 Å². The molecule has 1 heterocycles. The van der Waals surface area contributed by atoms with Crippen molar-refractivity contribution >= 4 is 38.1 Å². The zero-order valence-electron chi connectivity index (χ0n) is 13.4. The summed E-state index contributed by atoms with van der Waals surface area (Å²) in [5.41, 5.74) is 0.365. The lowest BCUT2D eigenvalue weighted by atomic mass is 10.3. The standard InChI is InChI=1S/C13H16N4O5S2/c1-8(18)14-12-15-16-13(23-12)24(19,20)17(2)9-5-6-10(21-3)11(7-9)22-4/h5-7H,1-4H3,(H,14,15,18). The van der Waals surface area contributed by atoms with Crippen molar-refractivity contribution < 1.29 is 22.7 Å². The molecule has 0 saturated carbocycles. The lowest BCUT2D eigenvalue weighted by Crippen LogP contribution is -2.26. The molecule has 0 atom stereocenters. The predicted octanol–water partition coefficient (Wildman–Crippen LogP) is 1.34. The number of ether oxygens (including phenoxy) is 2. The number of methoxy groups -OCH3 is 2. The molecule has 0 aliphatic carbocycles. The minimum atomic E-state index is -3.92. The number of nitrogens with zero attached hydrogens (tertiary/aromatic N) is 3. The maximum absolute atomic E-state index is 12.6. The average Bonchev–Trinajstić information content (AvgIpc) is 3.01. The first-order valence-corrected chi connectivity index (χ1v) is 8.87. The molecular weight excluding hydrogens is 356 g/mol. The molecule has 9 nitrogen and oxygen atoms in total. The highest BCUT2D eigenvalue weighted by Crippen LogP contribution is 2.33. The van der Waals surface area contributed by atoms with Crippen LogP contribution in [0.1, 0.15) is 6.92 Å². The van der Waals surface area contributed by atoms with Crippen LogP contribution in [0, 0.1) is 0 Å². The largest absolute Gasteiger partial charge is 0.493 e. The Morgan fingerprint density at radius 1 is 1.21 bits per heavy atom. The van der Waals surface area contributed by atoms with Gasteiger partial charge in [0.2, 0.25) is 11.0 Å². The fourth-order valence-corrected chi connectivity index (χ4v) is 4.08. The van der Waals surface area contributed by atoms with Gasteiger partial charge in [-0.1, -0.05) is 11.3 Å². The van der Waals surface area contributed by atoms with Gasteiger partial charge in [0, 0.05) is 20.0 Å². The van der Waals surface area contributed by atoms with Gasteiger partial charge in [-0.05, 0) is 12.1 Å². The van der Waals surface area contributed by atoms with Gasteiger partial charge >= 0.3 is 0 Å². The lowest BCUT2D eigenvalue weighted by molar-refractivity contribution is -0.114. The minimum Gasteiger partial charge on any atom is -0.493 e. The van der Waals surface area contributed by atoms with E-state index in [9.17, 15) is 13.2 Å². The van der Waals surface area contributed by atoms with Gasteiger partial charge in [0.25, 0.3) is 14.4 Å². The molecule has 1 amide bonds. The Morgan fingerprint density at radius 3 is 2.46 bits per heavy atom. The van der Waals surface area contributed by atoms with Gasteiger partial charge in [-0.3, -0.25) is 9.10 Å². The van der Waals surface area contributed by atoms with E-state index in [0.29, 0.717) is 17.2 Å². The van der Waals surface area contributed by atoms with Crippen LogP contribution in [-0.2, 0) is 14.8 Å². The number of anilines is 2. The third-order valence-electron chi connectivity index (χ3n) is 3.00. The van der Waals surface area contributed by atoms with Crippen LogP contribution in [0.4, 0.5) is 10.8 Å². The summed E-state index contributed by atoms with van der Waals surface area (Å²) in [6, 6.07) is 4.71. The van der Waals surface area contributed by atoms with Crippen molar-refractivity contribution in [2.45, 2.75) is 11.3 Å². The molecule has 0 radical (unpaired) electrons. The molecule has 2 aromatic rings. The Hall–Kier alpha value is -2.40. The Kier molecular flexibility index (Phi) is 5.24. The first-order chi connectivity index (χ1) is 11.3. The van der Waals surface area contributed by atoms with Crippen molar-refractivity contribution in [1.29, 1.82) is 0 Å². The Balaban J connectivity index is 2.35. The van der Waals surface area contributed by atoms with Crippen molar-refractivity contribution in [3.05, 3.63) is 18.2 Å². The van der Waals surface area contributed by atoms with E-state index in [1.165, 1.54) is 34.3 Å². The highest BCUT2D eigenvalue weighted by atomic mass is 32.2. The molecule has 0 saturated heterocycles. The maximum Gasteiger partial charge on any atom is 0.293 e. The number of carbonyl (C=O) groups excluding carboxylic acids is 1. The molecule has 1 aromatic carbocycles. The molecule has 130 valence electrons. The fraction of sp³-hybridized carbons (Fsp3) is 0.308. The van der Waals surface area contributed by atoms with Crippen molar-refractivity contribution in [3.8, 4) is 11.5 Å². The molecule has 0 fully saturated rings. The Labute approximate surface area is 143 Å². The van der Waals surface area contributed by atoms with E-state index in [1.807, 2.05) is 0 Å². The first-order valence-electron chi connectivity index (χ1n) is 6.61. The molecule has 1 aromatic heterocycles. The van der Waals surface area contributed by atoms with Gasteiger partial charge < -0.3 is 14.8 Å². The van der Waals surface area contributed by atoms with Crippen molar-refractivity contribution in [1.82, 2.24) is 10.2 Å². The number of carbonyl (C=O) groups is 1. The summed E-state index contributed by atoms with van der Waals surface area (Å²) in [6.07, 6.45) is 0. The fourth-order valence-electron chi connectivity index (χ4n) is 1.79. The molecule has 0 spiro atoms. The maximum atomic E-state index is 12.6. The first kappa shape index (κ1) is 17.9. The topological polar surface area (TPSA) is 111 Å². The highest BCUT2D eigenvalue weighted by molar-refractivity contribution is 7.94. The van der Waals surface area contributed by atoms with Crippen LogP contribution < -0.4 is 19.1 Å². The monoisotopic (exact) mass is 372 g/mol.